The van der Waals surface area contributed by atoms with Crippen molar-refractivity contribution in [1.29, 1.82) is 0 Å². The van der Waals surface area contributed by atoms with Crippen molar-refractivity contribution in [2.45, 2.75) is 57.5 Å². The van der Waals surface area contributed by atoms with Crippen molar-refractivity contribution in [2.24, 2.45) is 5.92 Å². The third-order valence-corrected chi connectivity index (χ3v) is 6.06. The van der Waals surface area contributed by atoms with Crippen LogP contribution in [0.4, 0.5) is 0 Å². The summed E-state index contributed by atoms with van der Waals surface area (Å²) in [6.45, 7) is 3.59. The number of nitrogens with one attached hydrogen (secondary N) is 2. The average molecular weight is 289 g/mol. The van der Waals surface area contributed by atoms with Crippen LogP contribution < -0.4 is 10.0 Å². The Morgan fingerprint density at radius 3 is 2.63 bits per heavy atom. The quantitative estimate of drug-likeness (QED) is 0.796. The predicted octanol–water partition coefficient (Wildman–Crippen LogP) is 1.08. The Bertz CT molecular complexity index is 383. The zero-order valence-electron chi connectivity index (χ0n) is 12.1. The summed E-state index contributed by atoms with van der Waals surface area (Å²) >= 11 is 0. The molecule has 1 heterocycles. The summed E-state index contributed by atoms with van der Waals surface area (Å²) in [6, 6.07) is 0.243. The molecule has 5 nitrogen and oxygen atoms in total. The summed E-state index contributed by atoms with van der Waals surface area (Å²) in [5, 5.41) is 3.11. The summed E-state index contributed by atoms with van der Waals surface area (Å²) < 4.78 is 29.6. The van der Waals surface area contributed by atoms with Crippen molar-refractivity contribution < 1.29 is 8.42 Å². The molecule has 0 bridgehead atoms. The zero-order chi connectivity index (χ0) is 13.9. The van der Waals surface area contributed by atoms with Gasteiger partial charge < -0.3 is 5.32 Å². The van der Waals surface area contributed by atoms with E-state index in [0.29, 0.717) is 12.5 Å². The first-order chi connectivity index (χ1) is 9.03. The summed E-state index contributed by atoms with van der Waals surface area (Å²) in [4.78, 5) is 0. The Hall–Kier alpha value is -0.170. The molecule has 2 aliphatic rings. The van der Waals surface area contributed by atoms with E-state index in [9.17, 15) is 8.42 Å². The Kier molecular flexibility index (Phi) is 5.22. The molecule has 1 saturated heterocycles. The molecule has 0 aromatic heterocycles. The lowest BCUT2D eigenvalue weighted by Gasteiger charge is -2.35. The van der Waals surface area contributed by atoms with Crippen LogP contribution >= 0.6 is 0 Å². The smallest absolute Gasteiger partial charge is 0.279 e. The first-order valence-corrected chi connectivity index (χ1v) is 8.90. The number of nitrogens with zero attached hydrogens (tertiary/aromatic N) is 1. The SMILES string of the molecule is CNCC1CCCCN1S(=O)(=O)NC1CCC(C)C1. The third kappa shape index (κ3) is 3.90. The van der Waals surface area contributed by atoms with Crippen molar-refractivity contribution in [2.75, 3.05) is 20.1 Å². The Morgan fingerprint density at radius 1 is 1.21 bits per heavy atom. The summed E-state index contributed by atoms with van der Waals surface area (Å²) in [7, 11) is -1.44. The van der Waals surface area contributed by atoms with Gasteiger partial charge in [0.05, 0.1) is 0 Å². The van der Waals surface area contributed by atoms with E-state index in [2.05, 4.69) is 17.0 Å². The zero-order valence-corrected chi connectivity index (χ0v) is 12.9. The van der Waals surface area contributed by atoms with Gasteiger partial charge in [0.1, 0.15) is 0 Å². The Labute approximate surface area is 117 Å². The summed E-state index contributed by atoms with van der Waals surface area (Å²) in [6.07, 6.45) is 6.14. The largest absolute Gasteiger partial charge is 0.318 e. The molecule has 1 aliphatic heterocycles. The summed E-state index contributed by atoms with van der Waals surface area (Å²) in [5.74, 6) is 0.641. The molecule has 2 fully saturated rings. The van der Waals surface area contributed by atoms with Crippen molar-refractivity contribution in [3.8, 4) is 0 Å². The normalized spacial score (nSPS) is 33.7. The van der Waals surface area contributed by atoms with E-state index in [1.807, 2.05) is 7.05 Å². The van der Waals surface area contributed by atoms with E-state index in [1.54, 1.807) is 4.31 Å². The van der Waals surface area contributed by atoms with Gasteiger partial charge in [0.25, 0.3) is 10.2 Å². The van der Waals surface area contributed by atoms with Crippen LogP contribution in [0.5, 0.6) is 0 Å². The first-order valence-electron chi connectivity index (χ1n) is 7.46. The molecule has 0 radical (unpaired) electrons. The maximum absolute atomic E-state index is 12.5. The van der Waals surface area contributed by atoms with E-state index in [1.165, 1.54) is 0 Å². The Balaban J connectivity index is 2.00. The van der Waals surface area contributed by atoms with Crippen LogP contribution in [0, 0.1) is 5.92 Å². The van der Waals surface area contributed by atoms with Crippen LogP contribution in [0.25, 0.3) is 0 Å². The van der Waals surface area contributed by atoms with E-state index in [4.69, 9.17) is 0 Å². The fraction of sp³-hybridized carbons (Fsp3) is 1.00. The maximum Gasteiger partial charge on any atom is 0.279 e. The van der Waals surface area contributed by atoms with Gasteiger partial charge in [-0.1, -0.05) is 13.3 Å². The highest BCUT2D eigenvalue weighted by Gasteiger charge is 2.34. The molecule has 1 aliphatic carbocycles. The van der Waals surface area contributed by atoms with Gasteiger partial charge in [0, 0.05) is 25.2 Å². The van der Waals surface area contributed by atoms with Gasteiger partial charge in [-0.2, -0.15) is 17.4 Å². The molecule has 3 unspecified atom stereocenters. The lowest BCUT2D eigenvalue weighted by molar-refractivity contribution is 0.244. The number of hydrogen-bond acceptors (Lipinski definition) is 3. The lowest BCUT2D eigenvalue weighted by atomic mass is 10.1. The van der Waals surface area contributed by atoms with Crippen LogP contribution in [-0.4, -0.2) is 44.9 Å². The van der Waals surface area contributed by atoms with Gasteiger partial charge in [-0.25, -0.2) is 0 Å². The number of piperidine rings is 1. The molecule has 112 valence electrons. The number of likely N-dealkylation sites (N-methyl/N-ethyl adjacent to an activating group) is 1. The highest BCUT2D eigenvalue weighted by Crippen LogP contribution is 2.26. The third-order valence-electron chi connectivity index (χ3n) is 4.33. The molecule has 6 heteroatoms. The highest BCUT2D eigenvalue weighted by molar-refractivity contribution is 7.87. The van der Waals surface area contributed by atoms with Crippen LogP contribution in [-0.2, 0) is 10.2 Å². The second kappa shape index (κ2) is 6.52. The molecular weight excluding hydrogens is 262 g/mol. The van der Waals surface area contributed by atoms with Gasteiger partial charge in [0.15, 0.2) is 0 Å². The average Bonchev–Trinajstić information content (AvgIpc) is 2.75. The van der Waals surface area contributed by atoms with Crippen LogP contribution in [0.2, 0.25) is 0 Å². The standard InChI is InChI=1S/C13H27N3O2S/c1-11-6-7-12(9-11)15-19(17,18)16-8-4-3-5-13(16)10-14-2/h11-15H,3-10H2,1-2H3. The molecule has 0 spiro atoms. The van der Waals surface area contributed by atoms with Gasteiger partial charge in [-0.15, -0.1) is 0 Å². The van der Waals surface area contributed by atoms with Gasteiger partial charge >= 0.3 is 0 Å². The number of hydrogen-bond donors (Lipinski definition) is 2. The van der Waals surface area contributed by atoms with E-state index >= 15 is 0 Å². The minimum atomic E-state index is -3.32. The second-order valence-electron chi connectivity index (χ2n) is 6.06. The van der Waals surface area contributed by atoms with Crippen molar-refractivity contribution in [3.05, 3.63) is 0 Å². The highest BCUT2D eigenvalue weighted by atomic mass is 32.2. The molecule has 3 atom stereocenters. The minimum Gasteiger partial charge on any atom is -0.318 e. The topological polar surface area (TPSA) is 61.4 Å². The van der Waals surface area contributed by atoms with Crippen LogP contribution in [0.1, 0.15) is 45.4 Å². The van der Waals surface area contributed by atoms with Gasteiger partial charge in [-0.05, 0) is 45.1 Å². The van der Waals surface area contributed by atoms with Crippen molar-refractivity contribution >= 4 is 10.2 Å². The van der Waals surface area contributed by atoms with Crippen molar-refractivity contribution in [3.63, 3.8) is 0 Å². The van der Waals surface area contributed by atoms with Crippen molar-refractivity contribution in [1.82, 2.24) is 14.3 Å². The van der Waals surface area contributed by atoms with Crippen LogP contribution in [0.3, 0.4) is 0 Å². The van der Waals surface area contributed by atoms with E-state index < -0.39 is 10.2 Å². The first kappa shape index (κ1) is 15.2. The second-order valence-corrected chi connectivity index (χ2v) is 7.71. The van der Waals surface area contributed by atoms with Crippen LogP contribution in [0.15, 0.2) is 0 Å². The van der Waals surface area contributed by atoms with Gasteiger partial charge in [0.2, 0.25) is 0 Å². The molecular formula is C13H27N3O2S. The van der Waals surface area contributed by atoms with E-state index in [-0.39, 0.29) is 12.1 Å². The Morgan fingerprint density at radius 2 is 2.00 bits per heavy atom. The minimum absolute atomic E-state index is 0.107. The molecule has 2 N–H and O–H groups in total. The predicted molar refractivity (Wildman–Crippen MR) is 77.1 cm³/mol. The monoisotopic (exact) mass is 289 g/mol. The van der Waals surface area contributed by atoms with E-state index in [0.717, 1.165) is 45.1 Å². The molecule has 0 amide bonds. The molecule has 19 heavy (non-hydrogen) atoms. The molecule has 0 aromatic carbocycles. The molecule has 1 saturated carbocycles. The molecule has 2 rings (SSSR count). The fourth-order valence-corrected chi connectivity index (χ4v) is 5.04. The molecule has 0 aromatic rings. The van der Waals surface area contributed by atoms with Gasteiger partial charge in [-0.3, -0.25) is 0 Å². The number of rotatable bonds is 5. The maximum atomic E-state index is 12.5. The summed E-state index contributed by atoms with van der Waals surface area (Å²) in [5.41, 5.74) is 0. The lowest BCUT2D eigenvalue weighted by Crippen LogP contribution is -2.53. The fourth-order valence-electron chi connectivity index (χ4n) is 3.32.